The number of allylic oxidation sites excluding steroid dienone is 2. The highest BCUT2D eigenvalue weighted by Gasteiger charge is 2.32. The Morgan fingerprint density at radius 3 is 2.72 bits per heavy atom. The van der Waals surface area contributed by atoms with E-state index in [-0.39, 0.29) is 5.41 Å². The molecule has 0 bridgehead atoms. The summed E-state index contributed by atoms with van der Waals surface area (Å²) in [6.45, 7) is 4.88. The van der Waals surface area contributed by atoms with Gasteiger partial charge in [-0.2, -0.15) is 0 Å². The molecule has 2 rings (SSSR count). The Morgan fingerprint density at radius 1 is 1.28 bits per heavy atom. The van der Waals surface area contributed by atoms with Crippen molar-refractivity contribution in [2.75, 3.05) is 26.8 Å². The van der Waals surface area contributed by atoms with E-state index in [1.165, 1.54) is 11.1 Å². The van der Waals surface area contributed by atoms with E-state index in [0.717, 1.165) is 32.5 Å². The number of ether oxygens (including phenoxy) is 1. The number of hydrogen-bond acceptors (Lipinski definition) is 2. The van der Waals surface area contributed by atoms with E-state index in [9.17, 15) is 0 Å². The van der Waals surface area contributed by atoms with E-state index < -0.39 is 0 Å². The Balaban J connectivity index is 2.07. The minimum atomic E-state index is 0.250. The molecule has 1 aromatic rings. The highest BCUT2D eigenvalue weighted by molar-refractivity contribution is 5.33. The number of hydrogen-bond donors (Lipinski definition) is 1. The standard InChI is InChI=1S/C16H23NO/c1-14-6-5-7-15(12-14)16(8-3-4-9-16)13-17-10-11-18-2/h3-7,12,17H,8-11,13H2,1-2H3. The van der Waals surface area contributed by atoms with Gasteiger partial charge in [-0.1, -0.05) is 42.0 Å². The fourth-order valence-electron chi connectivity index (χ4n) is 2.66. The molecule has 0 amide bonds. The van der Waals surface area contributed by atoms with E-state index >= 15 is 0 Å². The summed E-state index contributed by atoms with van der Waals surface area (Å²) in [6, 6.07) is 8.92. The van der Waals surface area contributed by atoms with Crippen LogP contribution < -0.4 is 5.32 Å². The first-order valence-electron chi connectivity index (χ1n) is 6.69. The van der Waals surface area contributed by atoms with Crippen molar-refractivity contribution < 1.29 is 4.74 Å². The molecular formula is C16H23NO. The maximum atomic E-state index is 5.09. The highest BCUT2D eigenvalue weighted by atomic mass is 16.5. The Kier molecular flexibility index (Phi) is 4.56. The van der Waals surface area contributed by atoms with Gasteiger partial charge in [-0.05, 0) is 25.3 Å². The van der Waals surface area contributed by atoms with Crippen LogP contribution in [0.15, 0.2) is 36.4 Å². The highest BCUT2D eigenvalue weighted by Crippen LogP contribution is 2.36. The predicted molar refractivity (Wildman–Crippen MR) is 76.0 cm³/mol. The van der Waals surface area contributed by atoms with E-state index in [1.807, 2.05) is 0 Å². The molecule has 2 heteroatoms. The minimum Gasteiger partial charge on any atom is -0.383 e. The summed E-state index contributed by atoms with van der Waals surface area (Å²) in [5.74, 6) is 0. The Labute approximate surface area is 110 Å². The summed E-state index contributed by atoms with van der Waals surface area (Å²) in [5.41, 5.74) is 3.05. The van der Waals surface area contributed by atoms with Crippen molar-refractivity contribution in [2.45, 2.75) is 25.2 Å². The smallest absolute Gasteiger partial charge is 0.0587 e. The maximum Gasteiger partial charge on any atom is 0.0587 e. The van der Waals surface area contributed by atoms with E-state index in [1.54, 1.807) is 7.11 Å². The molecule has 0 fully saturated rings. The molecule has 1 aliphatic rings. The zero-order valence-corrected chi connectivity index (χ0v) is 11.4. The van der Waals surface area contributed by atoms with Gasteiger partial charge in [0.05, 0.1) is 6.61 Å². The van der Waals surface area contributed by atoms with Crippen molar-refractivity contribution in [2.24, 2.45) is 0 Å². The summed E-state index contributed by atoms with van der Waals surface area (Å²) in [6.07, 6.45) is 6.88. The van der Waals surface area contributed by atoms with E-state index in [2.05, 4.69) is 48.7 Å². The van der Waals surface area contributed by atoms with Gasteiger partial charge in [0.25, 0.3) is 0 Å². The first-order valence-corrected chi connectivity index (χ1v) is 6.69. The Morgan fingerprint density at radius 2 is 2.06 bits per heavy atom. The van der Waals surface area contributed by atoms with Crippen LogP contribution in [0.25, 0.3) is 0 Å². The minimum absolute atomic E-state index is 0.250. The third kappa shape index (κ3) is 3.01. The molecule has 1 aromatic carbocycles. The second kappa shape index (κ2) is 6.17. The van der Waals surface area contributed by atoms with Gasteiger partial charge < -0.3 is 10.1 Å². The summed E-state index contributed by atoms with van der Waals surface area (Å²) < 4.78 is 5.09. The number of nitrogens with one attached hydrogen (secondary N) is 1. The quantitative estimate of drug-likeness (QED) is 0.614. The largest absolute Gasteiger partial charge is 0.383 e. The summed E-state index contributed by atoms with van der Waals surface area (Å²) in [7, 11) is 1.75. The molecule has 1 aliphatic carbocycles. The van der Waals surface area contributed by atoms with Crippen LogP contribution in [0.4, 0.5) is 0 Å². The van der Waals surface area contributed by atoms with Gasteiger partial charge in [-0.25, -0.2) is 0 Å². The van der Waals surface area contributed by atoms with Crippen LogP contribution in [-0.2, 0) is 10.2 Å². The number of methoxy groups -OCH3 is 1. The van der Waals surface area contributed by atoms with Crippen molar-refractivity contribution in [3.8, 4) is 0 Å². The number of rotatable bonds is 6. The van der Waals surface area contributed by atoms with Gasteiger partial charge >= 0.3 is 0 Å². The lowest BCUT2D eigenvalue weighted by Gasteiger charge is -2.30. The van der Waals surface area contributed by atoms with Crippen molar-refractivity contribution in [1.29, 1.82) is 0 Å². The topological polar surface area (TPSA) is 21.3 Å². The van der Waals surface area contributed by atoms with Crippen molar-refractivity contribution >= 4 is 0 Å². The lowest BCUT2D eigenvalue weighted by Crippen LogP contribution is -2.37. The second-order valence-electron chi connectivity index (χ2n) is 5.20. The average molecular weight is 245 g/mol. The molecule has 0 unspecified atom stereocenters. The van der Waals surface area contributed by atoms with Crippen LogP contribution in [0, 0.1) is 6.92 Å². The summed E-state index contributed by atoms with van der Waals surface area (Å²) in [5, 5.41) is 3.52. The maximum absolute atomic E-state index is 5.09. The monoisotopic (exact) mass is 245 g/mol. The van der Waals surface area contributed by atoms with Crippen LogP contribution in [0.1, 0.15) is 24.0 Å². The van der Waals surface area contributed by atoms with Crippen molar-refractivity contribution in [3.63, 3.8) is 0 Å². The van der Waals surface area contributed by atoms with Gasteiger partial charge in [0.15, 0.2) is 0 Å². The predicted octanol–water partition coefficient (Wildman–Crippen LogP) is 2.82. The number of aryl methyl sites for hydroxylation is 1. The molecule has 0 saturated heterocycles. The van der Waals surface area contributed by atoms with Crippen LogP contribution in [0.5, 0.6) is 0 Å². The lowest BCUT2D eigenvalue weighted by molar-refractivity contribution is 0.196. The molecule has 1 N–H and O–H groups in total. The zero-order valence-electron chi connectivity index (χ0n) is 11.4. The fourth-order valence-corrected chi connectivity index (χ4v) is 2.66. The van der Waals surface area contributed by atoms with Gasteiger partial charge in [-0.15, -0.1) is 0 Å². The van der Waals surface area contributed by atoms with Crippen LogP contribution in [0.2, 0.25) is 0 Å². The number of benzene rings is 1. The fraction of sp³-hybridized carbons (Fsp3) is 0.500. The third-order valence-electron chi connectivity index (χ3n) is 3.76. The third-order valence-corrected chi connectivity index (χ3v) is 3.76. The first-order chi connectivity index (χ1) is 8.77. The average Bonchev–Trinajstić information content (AvgIpc) is 2.85. The molecule has 0 saturated carbocycles. The van der Waals surface area contributed by atoms with Crippen molar-refractivity contribution in [1.82, 2.24) is 5.32 Å². The second-order valence-corrected chi connectivity index (χ2v) is 5.20. The van der Waals surface area contributed by atoms with Gasteiger partial charge in [0.2, 0.25) is 0 Å². The summed E-state index contributed by atoms with van der Waals surface area (Å²) in [4.78, 5) is 0. The summed E-state index contributed by atoms with van der Waals surface area (Å²) >= 11 is 0. The molecule has 0 spiro atoms. The van der Waals surface area contributed by atoms with Gasteiger partial charge in [-0.3, -0.25) is 0 Å². The van der Waals surface area contributed by atoms with Crippen molar-refractivity contribution in [3.05, 3.63) is 47.5 Å². The molecule has 0 aliphatic heterocycles. The van der Waals surface area contributed by atoms with Gasteiger partial charge in [0, 0.05) is 25.6 Å². The first kappa shape index (κ1) is 13.3. The Bertz CT molecular complexity index is 403. The molecule has 0 atom stereocenters. The van der Waals surface area contributed by atoms with Crippen LogP contribution in [0.3, 0.4) is 0 Å². The zero-order chi connectivity index (χ0) is 12.8. The van der Waals surface area contributed by atoms with Gasteiger partial charge in [0.1, 0.15) is 0 Å². The molecular weight excluding hydrogens is 222 g/mol. The molecule has 0 heterocycles. The Hall–Kier alpha value is -1.12. The molecule has 18 heavy (non-hydrogen) atoms. The lowest BCUT2D eigenvalue weighted by atomic mass is 9.77. The molecule has 2 nitrogen and oxygen atoms in total. The van der Waals surface area contributed by atoms with E-state index in [0.29, 0.717) is 0 Å². The van der Waals surface area contributed by atoms with Crippen LogP contribution >= 0.6 is 0 Å². The normalized spacial score (nSPS) is 17.2. The van der Waals surface area contributed by atoms with E-state index in [4.69, 9.17) is 4.74 Å². The van der Waals surface area contributed by atoms with Crippen LogP contribution in [-0.4, -0.2) is 26.8 Å². The molecule has 0 radical (unpaired) electrons. The molecule has 98 valence electrons. The molecule has 0 aromatic heterocycles. The SMILES string of the molecule is COCCNCC1(c2cccc(C)c2)CC=CC1.